The molecule has 15 heteroatoms. The quantitative estimate of drug-likeness (QED) is 0.197. The van der Waals surface area contributed by atoms with Crippen LogP contribution < -0.4 is 43.8 Å². The molecule has 0 saturated carbocycles. The second-order valence-corrected chi connectivity index (χ2v) is 12.7. The average molecular weight is 569 g/mol. The minimum absolute atomic E-state index is 0. The van der Waals surface area contributed by atoms with Crippen LogP contribution in [0.5, 0.6) is 5.75 Å². The SMILES string of the molecule is COc1ccc2c(c1)N(CCS(=O)(=O)[O-])C(=Cc1sc3c(C)c(C)oc3[n+]1CCS(=O)(=O)[O-])S2.[Na+]. The predicted octanol–water partition coefficient (Wildman–Crippen LogP) is -0.588. The maximum Gasteiger partial charge on any atom is 1.00 e. The summed E-state index contributed by atoms with van der Waals surface area (Å²) in [5, 5.41) is 1.27. The van der Waals surface area contributed by atoms with Gasteiger partial charge in [0.1, 0.15) is 21.6 Å². The van der Waals surface area contributed by atoms with Gasteiger partial charge in [0.25, 0.3) is 5.01 Å². The Hall–Kier alpha value is -1.10. The van der Waals surface area contributed by atoms with Gasteiger partial charge >= 0.3 is 35.3 Å². The molecular formula is C20H21N2NaO8S4. The molecule has 3 heterocycles. The van der Waals surface area contributed by atoms with Crippen LogP contribution in [0.2, 0.25) is 0 Å². The summed E-state index contributed by atoms with van der Waals surface area (Å²) in [6, 6.07) is 5.37. The van der Waals surface area contributed by atoms with E-state index in [1.165, 1.54) is 30.2 Å². The summed E-state index contributed by atoms with van der Waals surface area (Å²) in [5.41, 5.74) is 2.07. The number of rotatable bonds is 8. The minimum atomic E-state index is -4.46. The zero-order valence-electron chi connectivity index (χ0n) is 19.4. The number of anilines is 1. The van der Waals surface area contributed by atoms with Gasteiger partial charge in [0.05, 0.1) is 45.5 Å². The van der Waals surface area contributed by atoms with Crippen molar-refractivity contribution >= 4 is 65.5 Å². The summed E-state index contributed by atoms with van der Waals surface area (Å²) in [6.07, 6.45) is 1.78. The summed E-state index contributed by atoms with van der Waals surface area (Å²) >= 11 is 2.75. The van der Waals surface area contributed by atoms with Crippen molar-refractivity contribution in [2.75, 3.05) is 30.1 Å². The van der Waals surface area contributed by atoms with Gasteiger partial charge in [-0.25, -0.2) is 16.8 Å². The first-order valence-corrected chi connectivity index (χ1v) is 14.8. The van der Waals surface area contributed by atoms with E-state index in [9.17, 15) is 25.9 Å². The van der Waals surface area contributed by atoms with Gasteiger partial charge < -0.3 is 23.2 Å². The van der Waals surface area contributed by atoms with E-state index in [0.29, 0.717) is 32.9 Å². The number of thiazole rings is 1. The van der Waals surface area contributed by atoms with Gasteiger partial charge in [-0.05, 0) is 26.0 Å². The van der Waals surface area contributed by atoms with Crippen LogP contribution in [0.15, 0.2) is 32.5 Å². The van der Waals surface area contributed by atoms with E-state index in [1.807, 2.05) is 13.0 Å². The number of hydrogen-bond acceptors (Lipinski definition) is 11. The molecule has 0 bridgehead atoms. The topological polar surface area (TPSA) is 144 Å². The molecular weight excluding hydrogens is 547 g/mol. The van der Waals surface area contributed by atoms with E-state index in [2.05, 4.69) is 0 Å². The normalized spacial score (nSPS) is 15.0. The maximum atomic E-state index is 11.3. The summed E-state index contributed by atoms with van der Waals surface area (Å²) < 4.78 is 81.5. The third-order valence-electron chi connectivity index (χ3n) is 5.34. The van der Waals surface area contributed by atoms with Crippen molar-refractivity contribution in [3.05, 3.63) is 39.6 Å². The number of benzene rings is 1. The number of furan rings is 1. The van der Waals surface area contributed by atoms with Crippen molar-refractivity contribution in [2.45, 2.75) is 25.3 Å². The maximum absolute atomic E-state index is 11.3. The van der Waals surface area contributed by atoms with E-state index in [1.54, 1.807) is 34.6 Å². The smallest absolute Gasteiger partial charge is 0.748 e. The van der Waals surface area contributed by atoms with Crippen LogP contribution in [0, 0.1) is 13.8 Å². The molecule has 0 radical (unpaired) electrons. The second kappa shape index (κ2) is 10.7. The fourth-order valence-electron chi connectivity index (χ4n) is 3.52. The first kappa shape index (κ1) is 28.5. The molecule has 35 heavy (non-hydrogen) atoms. The number of methoxy groups -OCH3 is 1. The van der Waals surface area contributed by atoms with Gasteiger partial charge in [0.2, 0.25) is 0 Å². The van der Waals surface area contributed by atoms with Crippen molar-refractivity contribution in [1.29, 1.82) is 0 Å². The number of aryl methyl sites for hydroxylation is 3. The summed E-state index contributed by atoms with van der Waals surface area (Å²) in [7, 11) is -7.40. The van der Waals surface area contributed by atoms with Crippen molar-refractivity contribution in [1.82, 2.24) is 0 Å². The van der Waals surface area contributed by atoms with Gasteiger partial charge in [-0.15, -0.1) is 4.57 Å². The zero-order valence-corrected chi connectivity index (χ0v) is 24.7. The molecule has 2 aromatic heterocycles. The van der Waals surface area contributed by atoms with Crippen molar-refractivity contribution in [2.24, 2.45) is 0 Å². The van der Waals surface area contributed by atoms with E-state index in [0.717, 1.165) is 15.2 Å². The molecule has 0 fully saturated rings. The second-order valence-electron chi connectivity index (χ2n) is 7.60. The Balaban J connectivity index is 0.00000342. The standard InChI is InChI=1S/C20H22N2O8S4.Na/c1-12-13(2)30-20-19(12)32-18(22(20)7-9-34(26,27)28)11-17-21(6-8-33(23,24)25)15-10-14(29-3)4-5-16(15)31-17;/h4-5,10-11H,6-9H2,1-3H3,(H-,23,24,25,26,27,28);/q;+1/p-1. The van der Waals surface area contributed by atoms with Crippen LogP contribution in [-0.2, 0) is 26.8 Å². The largest absolute Gasteiger partial charge is 1.00 e. The molecule has 184 valence electrons. The number of nitrogens with zero attached hydrogens (tertiary/aromatic N) is 2. The van der Waals surface area contributed by atoms with Gasteiger partial charge in [-0.1, -0.05) is 23.1 Å². The van der Waals surface area contributed by atoms with E-state index in [-0.39, 0.29) is 42.6 Å². The number of aromatic nitrogens is 1. The molecule has 3 aromatic rings. The average Bonchev–Trinajstić information content (AvgIpc) is 3.34. The third kappa shape index (κ3) is 6.43. The summed E-state index contributed by atoms with van der Waals surface area (Å²) in [6.45, 7) is 3.52. The Morgan fingerprint density at radius 1 is 1.14 bits per heavy atom. The molecule has 0 aliphatic carbocycles. The number of fused-ring (bicyclic) bond motifs is 2. The Morgan fingerprint density at radius 3 is 2.46 bits per heavy atom. The van der Waals surface area contributed by atoms with E-state index >= 15 is 0 Å². The van der Waals surface area contributed by atoms with Crippen LogP contribution >= 0.6 is 23.1 Å². The van der Waals surface area contributed by atoms with Crippen LogP contribution in [-0.4, -0.2) is 51.1 Å². The van der Waals surface area contributed by atoms with E-state index < -0.39 is 31.7 Å². The first-order valence-electron chi connectivity index (χ1n) is 10.0. The van der Waals surface area contributed by atoms with Crippen molar-refractivity contribution in [3.63, 3.8) is 0 Å². The molecule has 0 atom stereocenters. The Morgan fingerprint density at radius 2 is 1.83 bits per heavy atom. The molecule has 0 spiro atoms. The molecule has 0 N–H and O–H groups in total. The molecule has 1 aliphatic heterocycles. The summed E-state index contributed by atoms with van der Waals surface area (Å²) in [5.74, 6) is 0.0599. The van der Waals surface area contributed by atoms with Gasteiger partial charge in [-0.3, -0.25) is 0 Å². The Labute approximate surface area is 233 Å². The Kier molecular flexibility index (Phi) is 8.72. The molecule has 1 aliphatic rings. The first-order chi connectivity index (χ1) is 15.9. The molecule has 0 unspecified atom stereocenters. The van der Waals surface area contributed by atoms with Gasteiger partial charge in [0, 0.05) is 23.1 Å². The fourth-order valence-corrected chi connectivity index (χ4v) is 6.72. The summed E-state index contributed by atoms with van der Waals surface area (Å²) in [4.78, 5) is 2.56. The predicted molar refractivity (Wildman–Crippen MR) is 127 cm³/mol. The monoisotopic (exact) mass is 568 g/mol. The molecule has 0 saturated heterocycles. The van der Waals surface area contributed by atoms with Crippen LogP contribution in [0.25, 0.3) is 16.5 Å². The third-order valence-corrected chi connectivity index (χ3v) is 9.05. The van der Waals surface area contributed by atoms with E-state index in [4.69, 9.17) is 9.15 Å². The fraction of sp³-hybridized carbons (Fsp3) is 0.350. The van der Waals surface area contributed by atoms with Crippen molar-refractivity contribution in [3.8, 4) is 5.75 Å². The zero-order chi connectivity index (χ0) is 24.8. The van der Waals surface area contributed by atoms with Crippen LogP contribution in [0.3, 0.4) is 0 Å². The van der Waals surface area contributed by atoms with Crippen molar-refractivity contribution < 1.29 is 69.2 Å². The van der Waals surface area contributed by atoms with Crippen LogP contribution in [0.4, 0.5) is 5.69 Å². The molecule has 1 aromatic carbocycles. The van der Waals surface area contributed by atoms with Gasteiger partial charge in [-0.2, -0.15) is 0 Å². The van der Waals surface area contributed by atoms with Gasteiger partial charge in [0.15, 0.2) is 11.2 Å². The number of ether oxygens (including phenoxy) is 1. The minimum Gasteiger partial charge on any atom is -0.748 e. The number of hydrogen-bond donors (Lipinski definition) is 0. The molecule has 0 amide bonds. The van der Waals surface area contributed by atoms with Crippen LogP contribution in [0.1, 0.15) is 16.3 Å². The molecule has 4 rings (SSSR count). The Bertz CT molecular complexity index is 1510. The number of thioether (sulfide) groups is 1. The molecule has 10 nitrogen and oxygen atoms in total.